The van der Waals surface area contributed by atoms with Gasteiger partial charge < -0.3 is 10.2 Å². The van der Waals surface area contributed by atoms with E-state index in [1.165, 1.54) is 11.1 Å². The van der Waals surface area contributed by atoms with Gasteiger partial charge in [-0.05, 0) is 41.0 Å². The van der Waals surface area contributed by atoms with Crippen LogP contribution in [0.2, 0.25) is 0 Å². The molecule has 0 saturated carbocycles. The Bertz CT molecular complexity index is 1070. The van der Waals surface area contributed by atoms with Crippen LogP contribution in [0.3, 0.4) is 0 Å². The van der Waals surface area contributed by atoms with Crippen molar-refractivity contribution in [1.29, 1.82) is 5.26 Å². The molecule has 1 aliphatic rings. The van der Waals surface area contributed by atoms with E-state index in [4.69, 9.17) is 5.26 Å². The predicted octanol–water partition coefficient (Wildman–Crippen LogP) is 5.45. The summed E-state index contributed by atoms with van der Waals surface area (Å²) in [7, 11) is 0. The molecule has 2 amide bonds. The Morgan fingerprint density at radius 2 is 1.53 bits per heavy atom. The number of urea groups is 1. The van der Waals surface area contributed by atoms with E-state index in [0.29, 0.717) is 19.5 Å². The van der Waals surface area contributed by atoms with Crippen LogP contribution in [0.4, 0.5) is 10.5 Å². The molecule has 6 heteroatoms. The largest absolute Gasteiger partial charge is 0.322 e. The van der Waals surface area contributed by atoms with Crippen molar-refractivity contribution in [3.05, 3.63) is 100 Å². The van der Waals surface area contributed by atoms with Crippen LogP contribution in [0.1, 0.15) is 22.7 Å². The van der Waals surface area contributed by atoms with Gasteiger partial charge in [-0.3, -0.25) is 4.90 Å². The van der Waals surface area contributed by atoms with Crippen molar-refractivity contribution < 1.29 is 4.79 Å². The molecule has 1 saturated heterocycles. The lowest BCUT2D eigenvalue weighted by Gasteiger charge is -2.39. The van der Waals surface area contributed by atoms with Crippen LogP contribution in [-0.4, -0.2) is 42.0 Å². The molecular formula is C26H25BrN4O. The second-order valence-electron chi connectivity index (χ2n) is 7.85. The highest BCUT2D eigenvalue weighted by molar-refractivity contribution is 9.10. The molecule has 1 atom stereocenters. The van der Waals surface area contributed by atoms with Gasteiger partial charge in [-0.15, -0.1) is 0 Å². The van der Waals surface area contributed by atoms with E-state index in [0.717, 1.165) is 28.8 Å². The first-order chi connectivity index (χ1) is 15.6. The first-order valence-electron chi connectivity index (χ1n) is 10.7. The van der Waals surface area contributed by atoms with Crippen LogP contribution in [0, 0.1) is 11.3 Å². The Morgan fingerprint density at radius 1 is 0.906 bits per heavy atom. The Labute approximate surface area is 197 Å². The number of amides is 2. The lowest BCUT2D eigenvalue weighted by atomic mass is 9.96. The maximum Gasteiger partial charge on any atom is 0.321 e. The average Bonchev–Trinajstić information content (AvgIpc) is 2.83. The molecular weight excluding hydrogens is 464 g/mol. The van der Waals surface area contributed by atoms with Crippen molar-refractivity contribution in [1.82, 2.24) is 9.80 Å². The summed E-state index contributed by atoms with van der Waals surface area (Å²) in [4.78, 5) is 17.1. The summed E-state index contributed by atoms with van der Waals surface area (Å²) in [5.74, 6) is 0. The third-order valence-electron chi connectivity index (χ3n) is 5.76. The van der Waals surface area contributed by atoms with Crippen molar-refractivity contribution >= 4 is 27.6 Å². The Balaban J connectivity index is 1.42. The van der Waals surface area contributed by atoms with Gasteiger partial charge in [-0.1, -0.05) is 70.5 Å². The van der Waals surface area contributed by atoms with Gasteiger partial charge in [-0.25, -0.2) is 4.79 Å². The van der Waals surface area contributed by atoms with E-state index >= 15 is 0 Å². The Morgan fingerprint density at radius 3 is 2.16 bits per heavy atom. The highest BCUT2D eigenvalue weighted by Gasteiger charge is 2.28. The summed E-state index contributed by atoms with van der Waals surface area (Å²) >= 11 is 3.53. The molecule has 1 heterocycles. The normalized spacial score (nSPS) is 15.1. The van der Waals surface area contributed by atoms with Crippen molar-refractivity contribution in [2.45, 2.75) is 12.5 Å². The van der Waals surface area contributed by atoms with Crippen molar-refractivity contribution in [2.24, 2.45) is 0 Å². The van der Waals surface area contributed by atoms with Crippen LogP contribution < -0.4 is 5.32 Å². The van der Waals surface area contributed by atoms with Gasteiger partial charge in [0.2, 0.25) is 0 Å². The number of anilines is 1. The molecule has 5 nitrogen and oxygen atoms in total. The van der Waals surface area contributed by atoms with Crippen LogP contribution in [0.15, 0.2) is 83.3 Å². The molecule has 4 rings (SSSR count). The number of nitrogens with one attached hydrogen (secondary N) is 1. The minimum atomic E-state index is -0.0856. The maximum atomic E-state index is 12.8. The molecule has 0 radical (unpaired) electrons. The summed E-state index contributed by atoms with van der Waals surface area (Å²) in [6, 6.07) is 28.7. The zero-order valence-corrected chi connectivity index (χ0v) is 19.3. The average molecular weight is 489 g/mol. The van der Waals surface area contributed by atoms with Gasteiger partial charge in [0.25, 0.3) is 0 Å². The van der Waals surface area contributed by atoms with E-state index in [2.05, 4.69) is 80.7 Å². The fraction of sp³-hybridized carbons (Fsp3) is 0.231. The summed E-state index contributed by atoms with van der Waals surface area (Å²) in [5.41, 5.74) is 4.19. The first kappa shape index (κ1) is 22.1. The number of hydrogen-bond donors (Lipinski definition) is 1. The number of nitrogens with zero attached hydrogens (tertiary/aromatic N) is 3. The zero-order chi connectivity index (χ0) is 22.3. The Hall–Kier alpha value is -3.14. The molecule has 162 valence electrons. The number of carbonyl (C=O) groups excluding carboxylic acids is 1. The summed E-state index contributed by atoms with van der Waals surface area (Å²) in [6.07, 6.45) is 0.372. The number of piperazine rings is 1. The van der Waals surface area contributed by atoms with Gasteiger partial charge in [0, 0.05) is 36.3 Å². The standard InChI is InChI=1S/C26H25BrN4O/c27-23-10-8-22(9-11-23)25(21-4-2-1-3-5-21)30-16-18-31(19-17-30)26(32)29-24-12-6-20(7-13-24)14-15-28/h1-13,25H,14,16-19H2,(H,29,32)/t25-/m0/s1. The molecule has 32 heavy (non-hydrogen) atoms. The summed E-state index contributed by atoms with van der Waals surface area (Å²) < 4.78 is 1.07. The molecule has 1 N–H and O–H groups in total. The fourth-order valence-electron chi connectivity index (χ4n) is 4.08. The molecule has 1 aliphatic heterocycles. The molecule has 0 spiro atoms. The summed E-state index contributed by atoms with van der Waals surface area (Å²) in [5, 5.41) is 11.8. The quantitative estimate of drug-likeness (QED) is 0.518. The molecule has 0 aliphatic carbocycles. The highest BCUT2D eigenvalue weighted by atomic mass is 79.9. The highest BCUT2D eigenvalue weighted by Crippen LogP contribution is 2.30. The van der Waals surface area contributed by atoms with Gasteiger partial charge in [0.15, 0.2) is 0 Å². The third-order valence-corrected chi connectivity index (χ3v) is 6.28. The smallest absolute Gasteiger partial charge is 0.321 e. The van der Waals surface area contributed by atoms with E-state index in [9.17, 15) is 4.79 Å². The number of benzene rings is 3. The van der Waals surface area contributed by atoms with Crippen molar-refractivity contribution in [3.8, 4) is 6.07 Å². The minimum absolute atomic E-state index is 0.0856. The third kappa shape index (κ3) is 5.37. The SMILES string of the molecule is N#CCc1ccc(NC(=O)N2CCN([C@@H](c3ccccc3)c3ccc(Br)cc3)CC2)cc1. The predicted molar refractivity (Wildman–Crippen MR) is 130 cm³/mol. The van der Waals surface area contributed by atoms with E-state index in [1.54, 1.807) is 0 Å². The van der Waals surface area contributed by atoms with Crippen LogP contribution in [-0.2, 0) is 6.42 Å². The molecule has 0 aromatic heterocycles. The van der Waals surface area contributed by atoms with Crippen LogP contribution in [0.5, 0.6) is 0 Å². The van der Waals surface area contributed by atoms with E-state index in [-0.39, 0.29) is 12.1 Å². The molecule has 1 fully saturated rings. The first-order valence-corrected chi connectivity index (χ1v) is 11.5. The number of halogens is 1. The van der Waals surface area contributed by atoms with Crippen LogP contribution in [0.25, 0.3) is 0 Å². The second-order valence-corrected chi connectivity index (χ2v) is 8.77. The van der Waals surface area contributed by atoms with Crippen LogP contribution >= 0.6 is 15.9 Å². The van der Waals surface area contributed by atoms with Gasteiger partial charge in [0.05, 0.1) is 18.5 Å². The lowest BCUT2D eigenvalue weighted by molar-refractivity contribution is 0.126. The van der Waals surface area contributed by atoms with E-state index in [1.807, 2.05) is 35.2 Å². The number of carbonyl (C=O) groups is 1. The van der Waals surface area contributed by atoms with Gasteiger partial charge in [0.1, 0.15) is 0 Å². The topological polar surface area (TPSA) is 59.4 Å². The minimum Gasteiger partial charge on any atom is -0.322 e. The maximum absolute atomic E-state index is 12.8. The number of rotatable bonds is 5. The number of nitriles is 1. The molecule has 0 bridgehead atoms. The molecule has 3 aromatic rings. The summed E-state index contributed by atoms with van der Waals surface area (Å²) in [6.45, 7) is 2.92. The van der Waals surface area contributed by atoms with Gasteiger partial charge in [-0.2, -0.15) is 5.26 Å². The van der Waals surface area contributed by atoms with E-state index < -0.39 is 0 Å². The Kier molecular flexibility index (Phi) is 7.21. The monoisotopic (exact) mass is 488 g/mol. The van der Waals surface area contributed by atoms with Crippen molar-refractivity contribution in [2.75, 3.05) is 31.5 Å². The molecule has 3 aromatic carbocycles. The second kappa shape index (κ2) is 10.4. The van der Waals surface area contributed by atoms with Gasteiger partial charge >= 0.3 is 6.03 Å². The molecule has 0 unspecified atom stereocenters. The van der Waals surface area contributed by atoms with Crippen molar-refractivity contribution in [3.63, 3.8) is 0 Å². The number of hydrogen-bond acceptors (Lipinski definition) is 3. The lowest BCUT2D eigenvalue weighted by Crippen LogP contribution is -2.51. The fourth-order valence-corrected chi connectivity index (χ4v) is 4.34. The zero-order valence-electron chi connectivity index (χ0n) is 17.7.